The SMILES string of the molecule is Cc1ccc(N2C[C@H](C(=O)Nc3ncc(C)s3)CC2=O)cc1. The van der Waals surface area contributed by atoms with Gasteiger partial charge in [0, 0.05) is 29.7 Å². The van der Waals surface area contributed by atoms with Crippen molar-refractivity contribution in [2.24, 2.45) is 5.92 Å². The summed E-state index contributed by atoms with van der Waals surface area (Å²) in [6, 6.07) is 7.76. The van der Waals surface area contributed by atoms with Gasteiger partial charge in [0.1, 0.15) is 0 Å². The maximum atomic E-state index is 12.3. The molecule has 5 nitrogen and oxygen atoms in total. The van der Waals surface area contributed by atoms with Crippen molar-refractivity contribution in [3.8, 4) is 0 Å². The third-order valence-electron chi connectivity index (χ3n) is 3.69. The molecule has 1 aromatic carbocycles. The van der Waals surface area contributed by atoms with Crippen LogP contribution in [0.4, 0.5) is 10.8 Å². The highest BCUT2D eigenvalue weighted by Gasteiger charge is 2.35. The van der Waals surface area contributed by atoms with Crippen LogP contribution in [0.5, 0.6) is 0 Å². The Morgan fingerprint density at radius 1 is 1.32 bits per heavy atom. The number of anilines is 2. The third-order valence-corrected chi connectivity index (χ3v) is 4.52. The number of rotatable bonds is 3. The van der Waals surface area contributed by atoms with Crippen LogP contribution in [0, 0.1) is 19.8 Å². The van der Waals surface area contributed by atoms with E-state index >= 15 is 0 Å². The van der Waals surface area contributed by atoms with Gasteiger partial charge >= 0.3 is 0 Å². The highest BCUT2D eigenvalue weighted by Crippen LogP contribution is 2.27. The molecule has 1 N–H and O–H groups in total. The summed E-state index contributed by atoms with van der Waals surface area (Å²) in [5.74, 6) is -0.491. The van der Waals surface area contributed by atoms with Gasteiger partial charge in [-0.2, -0.15) is 0 Å². The minimum absolute atomic E-state index is 0.0145. The zero-order chi connectivity index (χ0) is 15.7. The van der Waals surface area contributed by atoms with Crippen LogP contribution < -0.4 is 10.2 Å². The maximum absolute atomic E-state index is 12.3. The molecule has 114 valence electrons. The number of hydrogen-bond donors (Lipinski definition) is 1. The number of aromatic nitrogens is 1. The number of amides is 2. The predicted molar refractivity (Wildman–Crippen MR) is 87.1 cm³/mol. The molecule has 3 rings (SSSR count). The number of aryl methyl sites for hydroxylation is 2. The molecule has 0 bridgehead atoms. The first kappa shape index (κ1) is 14.7. The first-order valence-corrected chi connectivity index (χ1v) is 7.95. The maximum Gasteiger partial charge on any atom is 0.231 e. The van der Waals surface area contributed by atoms with Crippen LogP contribution in [0.15, 0.2) is 30.5 Å². The van der Waals surface area contributed by atoms with E-state index in [2.05, 4.69) is 10.3 Å². The molecule has 0 spiro atoms. The molecule has 2 aromatic rings. The topological polar surface area (TPSA) is 62.3 Å². The summed E-state index contributed by atoms with van der Waals surface area (Å²) in [5, 5.41) is 3.38. The Hall–Kier alpha value is -2.21. The van der Waals surface area contributed by atoms with Gasteiger partial charge in [0.2, 0.25) is 11.8 Å². The molecule has 1 atom stereocenters. The monoisotopic (exact) mass is 315 g/mol. The second-order valence-electron chi connectivity index (χ2n) is 5.51. The molecule has 0 unspecified atom stereocenters. The molecule has 1 aliphatic heterocycles. The summed E-state index contributed by atoms with van der Waals surface area (Å²) in [7, 11) is 0. The van der Waals surface area contributed by atoms with Gasteiger partial charge in [-0.25, -0.2) is 4.98 Å². The van der Waals surface area contributed by atoms with E-state index in [1.165, 1.54) is 11.3 Å². The van der Waals surface area contributed by atoms with Crippen molar-refractivity contribution >= 4 is 34.0 Å². The van der Waals surface area contributed by atoms with Gasteiger partial charge in [-0.15, -0.1) is 11.3 Å². The first-order valence-electron chi connectivity index (χ1n) is 7.13. The van der Waals surface area contributed by atoms with Crippen LogP contribution in [0.2, 0.25) is 0 Å². The van der Waals surface area contributed by atoms with Crippen LogP contribution in [-0.2, 0) is 9.59 Å². The lowest BCUT2D eigenvalue weighted by atomic mass is 10.1. The van der Waals surface area contributed by atoms with Crippen molar-refractivity contribution in [2.45, 2.75) is 20.3 Å². The lowest BCUT2D eigenvalue weighted by Gasteiger charge is -2.16. The summed E-state index contributed by atoms with van der Waals surface area (Å²) in [5.41, 5.74) is 1.99. The third kappa shape index (κ3) is 3.01. The highest BCUT2D eigenvalue weighted by atomic mass is 32.1. The van der Waals surface area contributed by atoms with Gasteiger partial charge < -0.3 is 10.2 Å². The average Bonchev–Trinajstić information content (AvgIpc) is 3.06. The largest absolute Gasteiger partial charge is 0.312 e. The molecule has 1 aromatic heterocycles. The van der Waals surface area contributed by atoms with Crippen LogP contribution in [0.25, 0.3) is 0 Å². The molecular formula is C16H17N3O2S. The summed E-state index contributed by atoms with van der Waals surface area (Å²) in [4.78, 5) is 31.3. The summed E-state index contributed by atoms with van der Waals surface area (Å²) in [6.45, 7) is 4.35. The van der Waals surface area contributed by atoms with E-state index < -0.39 is 0 Å². The van der Waals surface area contributed by atoms with Gasteiger partial charge in [-0.3, -0.25) is 9.59 Å². The average molecular weight is 315 g/mol. The first-order chi connectivity index (χ1) is 10.5. The second kappa shape index (κ2) is 5.88. The van der Waals surface area contributed by atoms with Crippen molar-refractivity contribution < 1.29 is 9.59 Å². The number of nitrogens with zero attached hydrogens (tertiary/aromatic N) is 2. The minimum atomic E-state index is -0.335. The normalized spacial score (nSPS) is 17.8. The number of benzene rings is 1. The van der Waals surface area contributed by atoms with Gasteiger partial charge in [-0.05, 0) is 26.0 Å². The smallest absolute Gasteiger partial charge is 0.231 e. The van der Waals surface area contributed by atoms with E-state index in [1.807, 2.05) is 38.1 Å². The molecule has 2 heterocycles. The zero-order valence-electron chi connectivity index (χ0n) is 12.5. The quantitative estimate of drug-likeness (QED) is 0.947. The molecule has 2 amide bonds. The standard InChI is InChI=1S/C16H17N3O2S/c1-10-3-5-13(6-4-10)19-9-12(7-14(19)20)15(21)18-16-17-8-11(2)22-16/h3-6,8,12H,7,9H2,1-2H3,(H,17,18,21)/t12-/m1/s1. The van der Waals surface area contributed by atoms with Crippen LogP contribution in [0.3, 0.4) is 0 Å². The Kier molecular flexibility index (Phi) is 3.94. The predicted octanol–water partition coefficient (Wildman–Crippen LogP) is 2.75. The van der Waals surface area contributed by atoms with Crippen LogP contribution in [0.1, 0.15) is 16.9 Å². The summed E-state index contributed by atoms with van der Waals surface area (Å²) in [6.07, 6.45) is 1.96. The van der Waals surface area contributed by atoms with E-state index in [0.29, 0.717) is 11.7 Å². The Morgan fingerprint density at radius 3 is 2.68 bits per heavy atom. The van der Waals surface area contributed by atoms with Gasteiger partial charge in [0.15, 0.2) is 5.13 Å². The molecular weight excluding hydrogens is 298 g/mol. The fourth-order valence-corrected chi connectivity index (χ4v) is 3.14. The Bertz CT molecular complexity index is 708. The number of nitrogens with one attached hydrogen (secondary N) is 1. The van der Waals surface area contributed by atoms with E-state index in [9.17, 15) is 9.59 Å². The lowest BCUT2D eigenvalue weighted by molar-refractivity contribution is -0.122. The fourth-order valence-electron chi connectivity index (χ4n) is 2.48. The van der Waals surface area contributed by atoms with Crippen molar-refractivity contribution in [3.63, 3.8) is 0 Å². The van der Waals surface area contributed by atoms with E-state index in [-0.39, 0.29) is 24.2 Å². The van der Waals surface area contributed by atoms with Gasteiger partial charge in [0.25, 0.3) is 0 Å². The number of hydrogen-bond acceptors (Lipinski definition) is 4. The number of thiazole rings is 1. The molecule has 0 saturated carbocycles. The lowest BCUT2D eigenvalue weighted by Crippen LogP contribution is -2.28. The molecule has 6 heteroatoms. The van der Waals surface area contributed by atoms with Crippen LogP contribution in [-0.4, -0.2) is 23.3 Å². The number of carbonyl (C=O) groups is 2. The minimum Gasteiger partial charge on any atom is -0.312 e. The Labute approximate surface area is 133 Å². The molecule has 1 fully saturated rings. The fraction of sp³-hybridized carbons (Fsp3) is 0.312. The Morgan fingerprint density at radius 2 is 2.05 bits per heavy atom. The molecule has 1 saturated heterocycles. The van der Waals surface area contributed by atoms with Crippen LogP contribution >= 0.6 is 11.3 Å². The summed E-state index contributed by atoms with van der Waals surface area (Å²) >= 11 is 1.43. The second-order valence-corrected chi connectivity index (χ2v) is 6.74. The Balaban J connectivity index is 1.68. The number of carbonyl (C=O) groups excluding carboxylic acids is 2. The van der Waals surface area contributed by atoms with Crippen molar-refractivity contribution in [1.29, 1.82) is 0 Å². The molecule has 22 heavy (non-hydrogen) atoms. The van der Waals surface area contributed by atoms with E-state index in [0.717, 1.165) is 16.1 Å². The highest BCUT2D eigenvalue weighted by molar-refractivity contribution is 7.15. The van der Waals surface area contributed by atoms with Crippen molar-refractivity contribution in [3.05, 3.63) is 40.9 Å². The summed E-state index contributed by atoms with van der Waals surface area (Å²) < 4.78 is 0. The van der Waals surface area contributed by atoms with Gasteiger partial charge in [0.05, 0.1) is 5.92 Å². The van der Waals surface area contributed by atoms with Gasteiger partial charge in [-0.1, -0.05) is 17.7 Å². The molecule has 0 radical (unpaired) electrons. The molecule has 1 aliphatic rings. The zero-order valence-corrected chi connectivity index (χ0v) is 13.3. The van der Waals surface area contributed by atoms with E-state index in [4.69, 9.17) is 0 Å². The molecule has 0 aliphatic carbocycles. The van der Waals surface area contributed by atoms with Crippen molar-refractivity contribution in [2.75, 3.05) is 16.8 Å². The van der Waals surface area contributed by atoms with E-state index in [1.54, 1.807) is 11.1 Å². The van der Waals surface area contributed by atoms with Crippen molar-refractivity contribution in [1.82, 2.24) is 4.98 Å².